The second kappa shape index (κ2) is 10.5. The number of benzene rings is 3. The van der Waals surface area contributed by atoms with Crippen LogP contribution in [0.1, 0.15) is 21.5 Å². The number of nitrogens with zero attached hydrogens (tertiary/aromatic N) is 1. The number of ether oxygens (including phenoxy) is 2. The third-order valence-electron chi connectivity index (χ3n) is 4.30. The van der Waals surface area contributed by atoms with Crippen LogP contribution in [0, 0.1) is 6.92 Å². The van der Waals surface area contributed by atoms with E-state index < -0.39 is 17.8 Å². The molecular formula is C24H21N3O5. The van der Waals surface area contributed by atoms with Crippen molar-refractivity contribution in [2.75, 3.05) is 12.4 Å². The van der Waals surface area contributed by atoms with Crippen molar-refractivity contribution in [3.05, 3.63) is 89.5 Å². The second-order valence-electron chi connectivity index (χ2n) is 6.69. The molecule has 0 heterocycles. The van der Waals surface area contributed by atoms with Gasteiger partial charge in [0.2, 0.25) is 0 Å². The fraction of sp³-hybridized carbons (Fsp3) is 0.0833. The van der Waals surface area contributed by atoms with Crippen molar-refractivity contribution in [1.29, 1.82) is 0 Å². The Morgan fingerprint density at radius 3 is 2.28 bits per heavy atom. The highest BCUT2D eigenvalue weighted by atomic mass is 16.6. The fourth-order valence-electron chi connectivity index (χ4n) is 2.62. The maximum Gasteiger partial charge on any atom is 0.343 e. The van der Waals surface area contributed by atoms with Gasteiger partial charge in [0.15, 0.2) is 11.5 Å². The van der Waals surface area contributed by atoms with Gasteiger partial charge in [-0.2, -0.15) is 5.10 Å². The summed E-state index contributed by atoms with van der Waals surface area (Å²) in [6.45, 7) is 1.93. The molecule has 8 heteroatoms. The van der Waals surface area contributed by atoms with E-state index in [0.717, 1.165) is 5.56 Å². The zero-order chi connectivity index (χ0) is 22.9. The Morgan fingerprint density at radius 2 is 1.59 bits per heavy atom. The zero-order valence-corrected chi connectivity index (χ0v) is 17.5. The highest BCUT2D eigenvalue weighted by Gasteiger charge is 2.14. The molecular weight excluding hydrogens is 410 g/mol. The van der Waals surface area contributed by atoms with E-state index in [1.807, 2.05) is 19.1 Å². The summed E-state index contributed by atoms with van der Waals surface area (Å²) in [6.07, 6.45) is 1.34. The lowest BCUT2D eigenvalue weighted by atomic mass is 10.1. The Bertz CT molecular complexity index is 1140. The summed E-state index contributed by atoms with van der Waals surface area (Å²) in [5.41, 5.74) is 4.66. The molecule has 0 fully saturated rings. The van der Waals surface area contributed by atoms with E-state index in [1.165, 1.54) is 13.3 Å². The SMILES string of the molecule is COc1cc(/C=N\NC(=O)C(=O)Nc2ccccc2)ccc1OC(=O)c1ccc(C)cc1. The number of hydrogen-bond acceptors (Lipinski definition) is 6. The molecule has 0 saturated carbocycles. The van der Waals surface area contributed by atoms with Crippen LogP contribution in [0.2, 0.25) is 0 Å². The number of amides is 2. The smallest absolute Gasteiger partial charge is 0.343 e. The predicted octanol–water partition coefficient (Wildman–Crippen LogP) is 3.31. The summed E-state index contributed by atoms with van der Waals surface area (Å²) >= 11 is 0. The number of carbonyl (C=O) groups is 3. The number of rotatable bonds is 6. The van der Waals surface area contributed by atoms with Crippen molar-refractivity contribution >= 4 is 29.7 Å². The third-order valence-corrected chi connectivity index (χ3v) is 4.30. The highest BCUT2D eigenvalue weighted by molar-refractivity contribution is 6.39. The molecule has 0 unspecified atom stereocenters. The van der Waals surface area contributed by atoms with Crippen LogP contribution >= 0.6 is 0 Å². The molecule has 0 spiro atoms. The predicted molar refractivity (Wildman–Crippen MR) is 120 cm³/mol. The number of esters is 1. The summed E-state index contributed by atoms with van der Waals surface area (Å²) < 4.78 is 10.7. The van der Waals surface area contributed by atoms with Crippen molar-refractivity contribution in [1.82, 2.24) is 5.43 Å². The van der Waals surface area contributed by atoms with Crippen molar-refractivity contribution in [2.24, 2.45) is 5.10 Å². The number of para-hydroxylation sites is 1. The number of methoxy groups -OCH3 is 1. The molecule has 0 saturated heterocycles. The van der Waals surface area contributed by atoms with E-state index in [2.05, 4.69) is 15.8 Å². The number of anilines is 1. The first-order valence-electron chi connectivity index (χ1n) is 9.62. The Hall–Kier alpha value is -4.46. The summed E-state index contributed by atoms with van der Waals surface area (Å²) in [5, 5.41) is 6.23. The Labute approximate surface area is 184 Å². The minimum Gasteiger partial charge on any atom is -0.493 e. The summed E-state index contributed by atoms with van der Waals surface area (Å²) in [4.78, 5) is 36.1. The highest BCUT2D eigenvalue weighted by Crippen LogP contribution is 2.28. The number of hydrazone groups is 1. The van der Waals surface area contributed by atoms with Crippen LogP contribution in [0.4, 0.5) is 5.69 Å². The first-order chi connectivity index (χ1) is 15.5. The maximum atomic E-state index is 12.3. The van der Waals surface area contributed by atoms with Crippen LogP contribution in [-0.4, -0.2) is 31.1 Å². The minimum atomic E-state index is -0.916. The number of hydrogen-bond donors (Lipinski definition) is 2. The summed E-state index contributed by atoms with van der Waals surface area (Å²) in [7, 11) is 1.44. The van der Waals surface area contributed by atoms with E-state index in [0.29, 0.717) is 22.6 Å². The molecule has 3 rings (SSSR count). The molecule has 32 heavy (non-hydrogen) atoms. The standard InChI is InChI=1S/C24H21N3O5/c1-16-8-11-18(12-9-16)24(30)32-20-13-10-17(14-21(20)31-2)15-25-27-23(29)22(28)26-19-6-4-3-5-7-19/h3-15H,1-2H3,(H,26,28)(H,27,29)/b25-15-. The molecule has 3 aromatic rings. The van der Waals surface area contributed by atoms with Gasteiger partial charge in [0, 0.05) is 5.69 Å². The van der Waals surface area contributed by atoms with Gasteiger partial charge in [0.05, 0.1) is 18.9 Å². The molecule has 0 aliphatic heterocycles. The second-order valence-corrected chi connectivity index (χ2v) is 6.69. The summed E-state index contributed by atoms with van der Waals surface area (Å²) in [6, 6.07) is 20.4. The van der Waals surface area contributed by atoms with Crippen LogP contribution < -0.4 is 20.2 Å². The van der Waals surface area contributed by atoms with Gasteiger partial charge in [-0.1, -0.05) is 35.9 Å². The fourth-order valence-corrected chi connectivity index (χ4v) is 2.62. The van der Waals surface area contributed by atoms with Gasteiger partial charge < -0.3 is 14.8 Å². The zero-order valence-electron chi connectivity index (χ0n) is 17.5. The lowest BCUT2D eigenvalue weighted by Crippen LogP contribution is -2.32. The molecule has 0 bridgehead atoms. The normalized spacial score (nSPS) is 10.4. The van der Waals surface area contributed by atoms with E-state index in [-0.39, 0.29) is 5.75 Å². The monoisotopic (exact) mass is 431 g/mol. The molecule has 3 aromatic carbocycles. The quantitative estimate of drug-likeness (QED) is 0.205. The molecule has 2 N–H and O–H groups in total. The average Bonchev–Trinajstić information content (AvgIpc) is 2.80. The van der Waals surface area contributed by atoms with Gasteiger partial charge in [-0.3, -0.25) is 9.59 Å². The van der Waals surface area contributed by atoms with Gasteiger partial charge in [-0.05, 0) is 55.0 Å². The Balaban J connectivity index is 1.60. The maximum absolute atomic E-state index is 12.3. The van der Waals surface area contributed by atoms with Crippen molar-refractivity contribution in [3.8, 4) is 11.5 Å². The molecule has 2 amide bonds. The van der Waals surface area contributed by atoms with Gasteiger partial charge >= 0.3 is 17.8 Å². The van der Waals surface area contributed by atoms with Crippen molar-refractivity contribution in [3.63, 3.8) is 0 Å². The van der Waals surface area contributed by atoms with E-state index >= 15 is 0 Å². The molecule has 162 valence electrons. The number of nitrogens with one attached hydrogen (secondary N) is 2. The van der Waals surface area contributed by atoms with Gasteiger partial charge in [0.25, 0.3) is 0 Å². The van der Waals surface area contributed by atoms with Gasteiger partial charge in [-0.15, -0.1) is 0 Å². The van der Waals surface area contributed by atoms with Crippen LogP contribution in [0.3, 0.4) is 0 Å². The third kappa shape index (κ3) is 6.02. The Morgan fingerprint density at radius 1 is 0.875 bits per heavy atom. The van der Waals surface area contributed by atoms with Crippen LogP contribution in [0.5, 0.6) is 11.5 Å². The molecule has 0 aromatic heterocycles. The molecule has 0 aliphatic rings. The lowest BCUT2D eigenvalue weighted by Gasteiger charge is -2.10. The molecule has 0 atom stereocenters. The van der Waals surface area contributed by atoms with E-state index in [1.54, 1.807) is 60.7 Å². The average molecular weight is 431 g/mol. The summed E-state index contributed by atoms with van der Waals surface area (Å²) in [5.74, 6) is -1.73. The van der Waals surface area contributed by atoms with Crippen LogP contribution in [0.25, 0.3) is 0 Å². The van der Waals surface area contributed by atoms with Crippen molar-refractivity contribution < 1.29 is 23.9 Å². The molecule has 8 nitrogen and oxygen atoms in total. The number of aryl methyl sites for hydroxylation is 1. The topological polar surface area (TPSA) is 106 Å². The minimum absolute atomic E-state index is 0.237. The lowest BCUT2D eigenvalue weighted by molar-refractivity contribution is -0.136. The van der Waals surface area contributed by atoms with Gasteiger partial charge in [-0.25, -0.2) is 10.2 Å². The van der Waals surface area contributed by atoms with Crippen molar-refractivity contribution in [2.45, 2.75) is 6.92 Å². The largest absolute Gasteiger partial charge is 0.493 e. The van der Waals surface area contributed by atoms with Crippen LogP contribution in [-0.2, 0) is 9.59 Å². The Kier molecular flexibility index (Phi) is 7.32. The molecule has 0 aliphatic carbocycles. The first-order valence-corrected chi connectivity index (χ1v) is 9.62. The van der Waals surface area contributed by atoms with Crippen LogP contribution in [0.15, 0.2) is 77.9 Å². The molecule has 0 radical (unpaired) electrons. The van der Waals surface area contributed by atoms with E-state index in [9.17, 15) is 14.4 Å². The first kappa shape index (κ1) is 22.2. The van der Waals surface area contributed by atoms with E-state index in [4.69, 9.17) is 9.47 Å². The number of carbonyl (C=O) groups excluding carboxylic acids is 3. The van der Waals surface area contributed by atoms with Gasteiger partial charge in [0.1, 0.15) is 0 Å².